The minimum absolute atomic E-state index is 0.0499. The quantitative estimate of drug-likeness (QED) is 0.126. The van der Waals surface area contributed by atoms with Gasteiger partial charge in [-0.25, -0.2) is 0 Å². The molecule has 1 aliphatic heterocycles. The predicted molar refractivity (Wildman–Crippen MR) is 160 cm³/mol. The van der Waals surface area contributed by atoms with Crippen molar-refractivity contribution in [2.75, 3.05) is 20.3 Å². The number of aliphatic carboxylic acids is 3. The van der Waals surface area contributed by atoms with Crippen molar-refractivity contribution in [3.63, 3.8) is 0 Å². The van der Waals surface area contributed by atoms with E-state index in [4.69, 9.17) is 33.6 Å². The summed E-state index contributed by atoms with van der Waals surface area (Å²) in [6.45, 7) is 7.41. The van der Waals surface area contributed by atoms with Crippen molar-refractivity contribution in [1.82, 2.24) is 0 Å². The highest BCUT2D eigenvalue weighted by Crippen LogP contribution is 2.41. The van der Waals surface area contributed by atoms with E-state index in [1.807, 2.05) is 18.2 Å². The highest BCUT2D eigenvalue weighted by molar-refractivity contribution is 5.94. The third-order valence-corrected chi connectivity index (χ3v) is 7.11. The van der Waals surface area contributed by atoms with Crippen molar-refractivity contribution in [1.29, 1.82) is 0 Å². The van der Waals surface area contributed by atoms with Gasteiger partial charge in [0, 0.05) is 11.6 Å². The van der Waals surface area contributed by atoms with Crippen molar-refractivity contribution < 1.29 is 63.1 Å². The minimum atomic E-state index is -2.85. The number of quaternary nitrogens is 1. The zero-order chi connectivity index (χ0) is 34.2. The number of ether oxygens (including phenoxy) is 2. The molecule has 0 amide bonds. The molecule has 1 aromatic carbocycles. The first-order valence-electron chi connectivity index (χ1n) is 14.2. The van der Waals surface area contributed by atoms with Crippen molar-refractivity contribution in [2.45, 2.75) is 57.9 Å². The van der Waals surface area contributed by atoms with Gasteiger partial charge < -0.3 is 53.5 Å². The average Bonchev–Trinajstić information content (AvgIpc) is 3.37. The molecule has 2 atom stereocenters. The molecule has 1 aliphatic carbocycles. The largest absolute Gasteiger partial charge is 0.547 e. The van der Waals surface area contributed by atoms with Gasteiger partial charge in [-0.3, -0.25) is 14.4 Å². The fraction of sp³-hybridized carbons (Fsp3) is 0.375. The fourth-order valence-corrected chi connectivity index (χ4v) is 4.82. The molecule has 0 saturated heterocycles. The molecule has 248 valence electrons. The van der Waals surface area contributed by atoms with Crippen LogP contribution in [0.4, 0.5) is 0 Å². The molecule has 2 unspecified atom stereocenters. The number of benzene rings is 2. The first-order chi connectivity index (χ1) is 21.7. The maximum atomic E-state index is 13.2. The van der Waals surface area contributed by atoms with E-state index in [-0.39, 0.29) is 23.4 Å². The number of hydrogen-bond acceptors (Lipinski definition) is 11. The number of carbonyl (C=O) groups is 3. The normalized spacial score (nSPS) is 12.8. The summed E-state index contributed by atoms with van der Waals surface area (Å²) < 4.78 is 22.7. The highest BCUT2D eigenvalue weighted by atomic mass is 16.5. The molecule has 0 fully saturated rings. The summed E-state index contributed by atoms with van der Waals surface area (Å²) in [4.78, 5) is 44.7. The molecule has 0 saturated carbocycles. The van der Waals surface area contributed by atoms with E-state index >= 15 is 0 Å². The monoisotopic (exact) mass is 643 g/mol. The molecule has 2 aliphatic rings. The first kappa shape index (κ1) is 35.6. The van der Waals surface area contributed by atoms with E-state index in [2.05, 4.69) is 26.0 Å². The van der Waals surface area contributed by atoms with E-state index < -0.39 is 42.5 Å². The number of carboxylic acids is 3. The van der Waals surface area contributed by atoms with Gasteiger partial charge >= 0.3 is 11.9 Å². The maximum absolute atomic E-state index is 13.2. The van der Waals surface area contributed by atoms with Gasteiger partial charge in [-0.2, -0.15) is 0 Å². The van der Waals surface area contributed by atoms with E-state index in [0.29, 0.717) is 40.8 Å². The lowest BCUT2D eigenvalue weighted by molar-refractivity contribution is -0.937. The van der Waals surface area contributed by atoms with Gasteiger partial charge in [0.25, 0.3) is 0 Å². The smallest absolute Gasteiger partial charge is 0.306 e. The number of aliphatic hydroxyl groups excluding tert-OH is 1. The number of nitrogens with one attached hydrogen (secondary N) is 1. The van der Waals surface area contributed by atoms with Gasteiger partial charge in [-0.1, -0.05) is 30.3 Å². The Morgan fingerprint density at radius 2 is 1.70 bits per heavy atom. The van der Waals surface area contributed by atoms with Gasteiger partial charge in [-0.05, 0) is 26.8 Å². The van der Waals surface area contributed by atoms with Gasteiger partial charge in [0.15, 0.2) is 11.3 Å². The standard InChI is InChI=1S/C26H29NO6.C6H8O7/c1-16(2)27(13-18-8-6-5-7-9-18)14-19(28)15-32-21-10-11-31-25-22(21)23(29)20-12-17(3)33-24(20)26(25)30-4;7-3(8)1-6(13,5(11)12)2-4(9)10/h5-12,16,19,28H,13-15H2,1-4H3;13H,1-2H2,(H,7,8)(H,9,10)(H,11,12). The molecular formula is C32H37NO13. The van der Waals surface area contributed by atoms with Crippen LogP contribution < -0.4 is 24.9 Å². The second-order valence-electron chi connectivity index (χ2n) is 11.1. The van der Waals surface area contributed by atoms with Crippen LogP contribution in [-0.4, -0.2) is 76.3 Å². The lowest BCUT2D eigenvalue weighted by Gasteiger charge is -2.26. The molecule has 2 heterocycles. The summed E-state index contributed by atoms with van der Waals surface area (Å²) >= 11 is 0. The Labute approximate surface area is 263 Å². The van der Waals surface area contributed by atoms with E-state index in [1.54, 1.807) is 19.1 Å². The van der Waals surface area contributed by atoms with Crippen molar-refractivity contribution in [3.05, 3.63) is 70.3 Å². The molecule has 0 bridgehead atoms. The summed E-state index contributed by atoms with van der Waals surface area (Å²) in [6.07, 6.45) is -1.69. The van der Waals surface area contributed by atoms with Crippen LogP contribution in [-0.2, 0) is 20.9 Å². The SMILES string of the molecule is COc1c2occc(OCC(O)C[NH+](Cc3ccccc3)C(C)C)c-2c(=O)c2cc(C)oc12.O=C(O)CC(O)(CC(=O)O)C(=O)[O-]. The molecule has 2 aromatic rings. The second kappa shape index (κ2) is 15.4. The number of methoxy groups -OCH3 is 1. The summed E-state index contributed by atoms with van der Waals surface area (Å²) in [5, 5.41) is 46.7. The zero-order valence-electron chi connectivity index (χ0n) is 25.8. The molecule has 0 radical (unpaired) electrons. The first-order valence-corrected chi connectivity index (χ1v) is 14.2. The van der Waals surface area contributed by atoms with E-state index in [9.17, 15) is 29.4 Å². The highest BCUT2D eigenvalue weighted by Gasteiger charge is 2.34. The summed E-state index contributed by atoms with van der Waals surface area (Å²) in [7, 11) is 1.50. The second-order valence-corrected chi connectivity index (χ2v) is 11.1. The topological polar surface area (TPSA) is 221 Å². The number of rotatable bonds is 14. The Morgan fingerprint density at radius 1 is 1.07 bits per heavy atom. The van der Waals surface area contributed by atoms with Crippen molar-refractivity contribution >= 4 is 28.9 Å². The molecule has 5 N–H and O–H groups in total. The summed E-state index contributed by atoms with van der Waals surface area (Å²) in [5.41, 5.74) is -1.27. The van der Waals surface area contributed by atoms with Gasteiger partial charge in [0.2, 0.25) is 11.2 Å². The third kappa shape index (κ3) is 8.84. The predicted octanol–water partition coefficient (Wildman–Crippen LogP) is 0.458. The van der Waals surface area contributed by atoms with E-state index in [0.717, 1.165) is 6.54 Å². The maximum Gasteiger partial charge on any atom is 0.306 e. The van der Waals surface area contributed by atoms with Crippen LogP contribution in [0.15, 0.2) is 62.4 Å². The van der Waals surface area contributed by atoms with Crippen LogP contribution in [0.5, 0.6) is 11.5 Å². The number of carbonyl (C=O) groups excluding carboxylic acids is 1. The fourth-order valence-electron chi connectivity index (χ4n) is 4.82. The number of aliphatic hydroxyl groups is 2. The Kier molecular flexibility index (Phi) is 11.9. The lowest BCUT2D eigenvalue weighted by Crippen LogP contribution is -3.14. The van der Waals surface area contributed by atoms with Crippen LogP contribution >= 0.6 is 0 Å². The van der Waals surface area contributed by atoms with Crippen LogP contribution in [0.1, 0.15) is 38.0 Å². The molecule has 0 spiro atoms. The third-order valence-electron chi connectivity index (χ3n) is 7.11. The van der Waals surface area contributed by atoms with Crippen LogP contribution in [0.3, 0.4) is 0 Å². The molecule has 14 nitrogen and oxygen atoms in total. The number of hydrogen-bond donors (Lipinski definition) is 5. The van der Waals surface area contributed by atoms with E-state index in [1.165, 1.54) is 23.8 Å². The lowest BCUT2D eigenvalue weighted by atomic mass is 9.96. The van der Waals surface area contributed by atoms with Crippen LogP contribution in [0.2, 0.25) is 0 Å². The Hall–Kier alpha value is -4.92. The molecule has 14 heteroatoms. The van der Waals surface area contributed by atoms with Crippen molar-refractivity contribution in [2.24, 2.45) is 0 Å². The molecular weight excluding hydrogens is 606 g/mol. The van der Waals surface area contributed by atoms with Crippen molar-refractivity contribution in [3.8, 4) is 22.8 Å². The molecule has 4 rings (SSSR count). The number of furan rings is 1. The summed E-state index contributed by atoms with van der Waals surface area (Å²) in [6, 6.07) is 13.8. The van der Waals surface area contributed by atoms with Crippen LogP contribution in [0, 0.1) is 6.92 Å². The Bertz CT molecular complexity index is 1660. The number of carboxylic acid groups (broad SMARTS) is 3. The Morgan fingerprint density at radius 3 is 2.24 bits per heavy atom. The summed E-state index contributed by atoms with van der Waals surface area (Å²) in [5.74, 6) is -3.80. The van der Waals surface area contributed by atoms with Gasteiger partial charge in [0.1, 0.15) is 48.5 Å². The average molecular weight is 644 g/mol. The Balaban J connectivity index is 0.000000376. The van der Waals surface area contributed by atoms with Crippen LogP contribution in [0.25, 0.3) is 22.3 Å². The number of fused-ring (bicyclic) bond motifs is 2. The minimum Gasteiger partial charge on any atom is -0.547 e. The van der Waals surface area contributed by atoms with Gasteiger partial charge in [-0.15, -0.1) is 0 Å². The molecule has 1 aromatic heterocycles. The van der Waals surface area contributed by atoms with Gasteiger partial charge in [0.05, 0.1) is 43.6 Å². The zero-order valence-corrected chi connectivity index (χ0v) is 25.8. The molecule has 46 heavy (non-hydrogen) atoms. The number of aryl methyl sites for hydroxylation is 1.